The van der Waals surface area contributed by atoms with Crippen molar-refractivity contribution in [1.29, 1.82) is 0 Å². The summed E-state index contributed by atoms with van der Waals surface area (Å²) >= 11 is 3.81. The maximum Gasteiger partial charge on any atom is 0.0424 e. The molecule has 0 bridgehead atoms. The average molecular weight is 289 g/mol. The molecule has 0 saturated carbocycles. The molecule has 88 valence electrons. The lowest BCUT2D eigenvalue weighted by Gasteiger charge is -2.18. The Labute approximate surface area is 112 Å². The van der Waals surface area contributed by atoms with E-state index in [1.165, 1.54) is 11.1 Å². The van der Waals surface area contributed by atoms with Crippen molar-refractivity contribution in [3.8, 4) is 0 Å². The van der Waals surface area contributed by atoms with Gasteiger partial charge >= 0.3 is 0 Å². The summed E-state index contributed by atoms with van der Waals surface area (Å²) < 4.78 is 0. The maximum absolute atomic E-state index is 3.81. The molecule has 2 atom stereocenters. The normalized spacial score (nSPS) is 14.2. The fourth-order valence-corrected chi connectivity index (χ4v) is 2.55. The van der Waals surface area contributed by atoms with Crippen LogP contribution in [-0.2, 0) is 6.42 Å². The summed E-state index contributed by atoms with van der Waals surface area (Å²) in [7, 11) is 0. The molecule has 2 rings (SSSR count). The van der Waals surface area contributed by atoms with Gasteiger partial charge in [0.15, 0.2) is 0 Å². The van der Waals surface area contributed by atoms with E-state index in [9.17, 15) is 0 Å². The van der Waals surface area contributed by atoms with Gasteiger partial charge in [-0.25, -0.2) is 0 Å². The van der Waals surface area contributed by atoms with Crippen molar-refractivity contribution in [1.82, 2.24) is 0 Å². The highest BCUT2D eigenvalue weighted by Gasteiger charge is 2.15. The Morgan fingerprint density at radius 3 is 2.00 bits per heavy atom. The highest BCUT2D eigenvalue weighted by atomic mass is 79.9. The van der Waals surface area contributed by atoms with Crippen LogP contribution >= 0.6 is 15.9 Å². The van der Waals surface area contributed by atoms with Gasteiger partial charge < -0.3 is 0 Å². The molecule has 0 nitrogen and oxygen atoms in total. The summed E-state index contributed by atoms with van der Waals surface area (Å²) in [5.74, 6) is 0.583. The van der Waals surface area contributed by atoms with Crippen LogP contribution in [0.15, 0.2) is 60.7 Å². The van der Waals surface area contributed by atoms with Crippen molar-refractivity contribution in [2.75, 3.05) is 0 Å². The molecule has 1 heteroatoms. The molecule has 2 aromatic rings. The van der Waals surface area contributed by atoms with Gasteiger partial charge in [0.05, 0.1) is 0 Å². The predicted molar refractivity (Wildman–Crippen MR) is 77.4 cm³/mol. The van der Waals surface area contributed by atoms with Crippen LogP contribution in [0.3, 0.4) is 0 Å². The number of hydrogen-bond acceptors (Lipinski definition) is 0. The molecule has 0 heterocycles. The third-order valence-corrected chi connectivity index (χ3v) is 4.45. The molecule has 17 heavy (non-hydrogen) atoms. The Morgan fingerprint density at radius 1 is 0.882 bits per heavy atom. The highest BCUT2D eigenvalue weighted by Crippen LogP contribution is 2.32. The van der Waals surface area contributed by atoms with E-state index in [1.54, 1.807) is 0 Å². The molecule has 2 aromatic carbocycles. The number of rotatable bonds is 4. The van der Waals surface area contributed by atoms with Crippen LogP contribution in [0.25, 0.3) is 0 Å². The first kappa shape index (κ1) is 12.4. The van der Waals surface area contributed by atoms with Gasteiger partial charge in [-0.15, -0.1) is 0 Å². The van der Waals surface area contributed by atoms with E-state index in [1.807, 2.05) is 0 Å². The van der Waals surface area contributed by atoms with E-state index in [4.69, 9.17) is 0 Å². The van der Waals surface area contributed by atoms with Gasteiger partial charge in [-0.05, 0) is 23.5 Å². The average Bonchev–Trinajstić information content (AvgIpc) is 2.40. The number of alkyl halides is 1. The minimum Gasteiger partial charge on any atom is -0.0836 e. The van der Waals surface area contributed by atoms with Crippen LogP contribution in [-0.4, -0.2) is 0 Å². The molecule has 0 radical (unpaired) electrons. The zero-order valence-electron chi connectivity index (χ0n) is 10.0. The lowest BCUT2D eigenvalue weighted by molar-refractivity contribution is 0.572. The molecule has 0 spiro atoms. The topological polar surface area (TPSA) is 0 Å². The lowest BCUT2D eigenvalue weighted by Crippen LogP contribution is -2.06. The van der Waals surface area contributed by atoms with Crippen LogP contribution in [0.5, 0.6) is 0 Å². The van der Waals surface area contributed by atoms with Crippen LogP contribution in [0, 0.1) is 5.92 Å². The van der Waals surface area contributed by atoms with Gasteiger partial charge in [-0.3, -0.25) is 0 Å². The van der Waals surface area contributed by atoms with E-state index in [-0.39, 0.29) is 0 Å². The number of hydrogen-bond donors (Lipinski definition) is 0. The Balaban J connectivity index is 2.03. The molecule has 0 aliphatic carbocycles. The Bertz CT molecular complexity index is 436. The Hall–Kier alpha value is -1.08. The van der Waals surface area contributed by atoms with Crippen molar-refractivity contribution >= 4 is 15.9 Å². The van der Waals surface area contributed by atoms with Gasteiger partial charge in [0.25, 0.3) is 0 Å². The second-order valence-corrected chi connectivity index (χ2v) is 5.47. The molecule has 0 N–H and O–H groups in total. The third kappa shape index (κ3) is 3.44. The molecule has 0 aromatic heterocycles. The van der Waals surface area contributed by atoms with Crippen molar-refractivity contribution in [3.05, 3.63) is 71.8 Å². The van der Waals surface area contributed by atoms with Crippen molar-refractivity contribution < 1.29 is 0 Å². The van der Waals surface area contributed by atoms with Crippen LogP contribution < -0.4 is 0 Å². The minimum atomic E-state index is 0.420. The van der Waals surface area contributed by atoms with Crippen LogP contribution in [0.4, 0.5) is 0 Å². The van der Waals surface area contributed by atoms with Crippen LogP contribution in [0.2, 0.25) is 0 Å². The maximum atomic E-state index is 3.81. The summed E-state index contributed by atoms with van der Waals surface area (Å²) in [5, 5.41) is 0. The first-order chi connectivity index (χ1) is 8.27. The standard InChI is InChI=1S/C16H17Br/c1-13(12-14-8-4-2-5-9-14)16(17)15-10-6-3-7-11-15/h2-11,13,16H,12H2,1H3. The number of halogens is 1. The molecule has 0 aliphatic rings. The van der Waals surface area contributed by atoms with Crippen molar-refractivity contribution in [3.63, 3.8) is 0 Å². The van der Waals surface area contributed by atoms with Crippen molar-refractivity contribution in [2.24, 2.45) is 5.92 Å². The monoisotopic (exact) mass is 288 g/mol. The molecule has 0 fully saturated rings. The van der Waals surface area contributed by atoms with Gasteiger partial charge in [0.1, 0.15) is 0 Å². The van der Waals surface area contributed by atoms with Crippen molar-refractivity contribution in [2.45, 2.75) is 18.2 Å². The second-order valence-electron chi connectivity index (χ2n) is 4.48. The van der Waals surface area contributed by atoms with Gasteiger partial charge in [-0.2, -0.15) is 0 Å². The molecule has 2 unspecified atom stereocenters. The van der Waals surface area contributed by atoms with Gasteiger partial charge in [-0.1, -0.05) is 83.5 Å². The minimum absolute atomic E-state index is 0.420. The molecule has 0 aliphatic heterocycles. The zero-order valence-corrected chi connectivity index (χ0v) is 11.6. The van der Waals surface area contributed by atoms with E-state index in [0.29, 0.717) is 10.7 Å². The zero-order chi connectivity index (χ0) is 12.1. The molecular formula is C16H17Br. The molecule has 0 amide bonds. The lowest BCUT2D eigenvalue weighted by atomic mass is 9.94. The van der Waals surface area contributed by atoms with E-state index < -0.39 is 0 Å². The van der Waals surface area contributed by atoms with Crippen LogP contribution in [0.1, 0.15) is 22.9 Å². The molecule has 0 saturated heterocycles. The van der Waals surface area contributed by atoms with E-state index >= 15 is 0 Å². The summed E-state index contributed by atoms with van der Waals surface area (Å²) in [5.41, 5.74) is 2.76. The molecular weight excluding hydrogens is 272 g/mol. The second kappa shape index (κ2) is 6.02. The summed E-state index contributed by atoms with van der Waals surface area (Å²) in [6.07, 6.45) is 1.10. The number of benzene rings is 2. The Kier molecular flexibility index (Phi) is 4.38. The van der Waals surface area contributed by atoms with E-state index in [0.717, 1.165) is 6.42 Å². The van der Waals surface area contributed by atoms with Gasteiger partial charge in [0.2, 0.25) is 0 Å². The summed E-state index contributed by atoms with van der Waals surface area (Å²) in [4.78, 5) is 0.420. The highest BCUT2D eigenvalue weighted by molar-refractivity contribution is 9.09. The smallest absolute Gasteiger partial charge is 0.0424 e. The van der Waals surface area contributed by atoms with E-state index in [2.05, 4.69) is 83.5 Å². The summed E-state index contributed by atoms with van der Waals surface area (Å²) in [6.45, 7) is 2.29. The fraction of sp³-hybridized carbons (Fsp3) is 0.250. The quantitative estimate of drug-likeness (QED) is 0.695. The Morgan fingerprint density at radius 2 is 1.41 bits per heavy atom. The fourth-order valence-electron chi connectivity index (χ4n) is 2.05. The predicted octanol–water partition coefficient (Wildman–Crippen LogP) is 5.00. The first-order valence-electron chi connectivity index (χ1n) is 6.00. The summed E-state index contributed by atoms with van der Waals surface area (Å²) in [6, 6.07) is 21.3. The largest absolute Gasteiger partial charge is 0.0836 e. The third-order valence-electron chi connectivity index (χ3n) is 3.02. The SMILES string of the molecule is CC(Cc1ccccc1)C(Br)c1ccccc1. The first-order valence-corrected chi connectivity index (χ1v) is 6.92. The van der Waals surface area contributed by atoms with Gasteiger partial charge in [0, 0.05) is 4.83 Å².